The van der Waals surface area contributed by atoms with Gasteiger partial charge in [-0.05, 0) is 36.4 Å². The molecule has 2 aliphatic rings. The number of amides is 1. The standard InChI is InChI=1S/C17H17FN2O3S/c18-11-3-1-7-19-16(11)23-13-6-5-12-15(13)22-9-8-20(12)17(21)14-4-2-10-24-14/h1-4,7,10,12-13,15H,5-6,8-9H2/t12-,13+,15+/m1/s1. The second kappa shape index (κ2) is 6.49. The molecule has 1 aliphatic heterocycles. The number of nitrogens with zero attached hydrogens (tertiary/aromatic N) is 2. The summed E-state index contributed by atoms with van der Waals surface area (Å²) in [6.45, 7) is 1.03. The van der Waals surface area contributed by atoms with Crippen LogP contribution in [0.2, 0.25) is 0 Å². The maximum Gasteiger partial charge on any atom is 0.264 e. The number of pyridine rings is 1. The minimum atomic E-state index is -0.483. The van der Waals surface area contributed by atoms with Crippen LogP contribution < -0.4 is 4.74 Å². The van der Waals surface area contributed by atoms with Gasteiger partial charge in [0.25, 0.3) is 11.8 Å². The first-order valence-corrected chi connectivity index (χ1v) is 8.85. The Kier molecular flexibility index (Phi) is 4.20. The average Bonchev–Trinajstić information content (AvgIpc) is 3.26. The Labute approximate surface area is 143 Å². The van der Waals surface area contributed by atoms with Gasteiger partial charge in [-0.25, -0.2) is 9.37 Å². The molecule has 0 spiro atoms. The van der Waals surface area contributed by atoms with E-state index < -0.39 is 5.82 Å². The lowest BCUT2D eigenvalue weighted by Gasteiger charge is -2.38. The van der Waals surface area contributed by atoms with Crippen molar-refractivity contribution in [1.82, 2.24) is 9.88 Å². The van der Waals surface area contributed by atoms with Crippen LogP contribution in [-0.2, 0) is 4.74 Å². The van der Waals surface area contributed by atoms with Crippen molar-refractivity contribution in [2.45, 2.75) is 31.1 Å². The number of hydrogen-bond acceptors (Lipinski definition) is 5. The van der Waals surface area contributed by atoms with Gasteiger partial charge in [-0.15, -0.1) is 11.3 Å². The second-order valence-electron chi connectivity index (χ2n) is 5.90. The smallest absolute Gasteiger partial charge is 0.264 e. The molecule has 126 valence electrons. The first-order valence-electron chi connectivity index (χ1n) is 7.97. The van der Waals surface area contributed by atoms with E-state index in [-0.39, 0.29) is 30.0 Å². The van der Waals surface area contributed by atoms with Gasteiger partial charge in [0.2, 0.25) is 0 Å². The molecule has 2 aromatic heterocycles. The molecule has 0 aromatic carbocycles. The normalized spacial score (nSPS) is 26.2. The fourth-order valence-corrected chi connectivity index (χ4v) is 4.12. The summed E-state index contributed by atoms with van der Waals surface area (Å²) in [6, 6.07) is 6.52. The van der Waals surface area contributed by atoms with Crippen LogP contribution >= 0.6 is 11.3 Å². The molecule has 0 N–H and O–H groups in total. The Morgan fingerprint density at radius 1 is 1.38 bits per heavy atom. The number of carbonyl (C=O) groups excluding carboxylic acids is 1. The first kappa shape index (κ1) is 15.5. The lowest BCUT2D eigenvalue weighted by molar-refractivity contribution is -0.0797. The third-order valence-electron chi connectivity index (χ3n) is 4.52. The predicted octanol–water partition coefficient (Wildman–Crippen LogP) is 2.73. The van der Waals surface area contributed by atoms with Gasteiger partial charge in [-0.1, -0.05) is 6.07 Å². The molecule has 2 aromatic rings. The molecule has 0 bridgehead atoms. The molecule has 4 rings (SSSR count). The predicted molar refractivity (Wildman–Crippen MR) is 86.7 cm³/mol. The Bertz CT molecular complexity index is 724. The zero-order valence-electron chi connectivity index (χ0n) is 12.9. The number of thiophene rings is 1. The second-order valence-corrected chi connectivity index (χ2v) is 6.85. The van der Waals surface area contributed by atoms with E-state index in [1.807, 2.05) is 22.4 Å². The van der Waals surface area contributed by atoms with Gasteiger partial charge in [-0.2, -0.15) is 0 Å². The monoisotopic (exact) mass is 348 g/mol. The zero-order chi connectivity index (χ0) is 16.5. The molecule has 1 amide bonds. The number of morpholine rings is 1. The van der Waals surface area contributed by atoms with E-state index in [2.05, 4.69) is 4.98 Å². The van der Waals surface area contributed by atoms with Crippen molar-refractivity contribution in [2.75, 3.05) is 13.2 Å². The summed E-state index contributed by atoms with van der Waals surface area (Å²) < 4.78 is 25.4. The summed E-state index contributed by atoms with van der Waals surface area (Å²) in [5.41, 5.74) is 0. The van der Waals surface area contributed by atoms with E-state index in [0.29, 0.717) is 19.6 Å². The summed E-state index contributed by atoms with van der Waals surface area (Å²) in [7, 11) is 0. The highest BCUT2D eigenvalue weighted by atomic mass is 32.1. The third-order valence-corrected chi connectivity index (χ3v) is 5.37. The average molecular weight is 348 g/mol. The fourth-order valence-electron chi connectivity index (χ4n) is 3.44. The highest BCUT2D eigenvalue weighted by molar-refractivity contribution is 7.12. The van der Waals surface area contributed by atoms with Crippen LogP contribution in [0.25, 0.3) is 0 Å². The van der Waals surface area contributed by atoms with E-state index in [1.54, 1.807) is 0 Å². The summed E-state index contributed by atoms with van der Waals surface area (Å²) in [6.07, 6.45) is 2.45. The molecule has 7 heteroatoms. The topological polar surface area (TPSA) is 51.7 Å². The molecule has 1 saturated carbocycles. The molecule has 5 nitrogen and oxygen atoms in total. The van der Waals surface area contributed by atoms with Gasteiger partial charge < -0.3 is 14.4 Å². The summed E-state index contributed by atoms with van der Waals surface area (Å²) in [5, 5.41) is 1.90. The number of fused-ring (bicyclic) bond motifs is 1. The van der Waals surface area contributed by atoms with E-state index in [4.69, 9.17) is 9.47 Å². The summed E-state index contributed by atoms with van der Waals surface area (Å²) in [5.74, 6) is -0.454. The minimum absolute atomic E-state index is 0.00606. The Morgan fingerprint density at radius 2 is 2.29 bits per heavy atom. The molecule has 0 radical (unpaired) electrons. The lowest BCUT2D eigenvalue weighted by Crippen LogP contribution is -2.54. The number of halogens is 1. The van der Waals surface area contributed by atoms with E-state index >= 15 is 0 Å². The number of ether oxygens (including phenoxy) is 2. The third kappa shape index (κ3) is 2.78. The molecule has 1 saturated heterocycles. The molecule has 3 atom stereocenters. The van der Waals surface area contributed by atoms with Crippen molar-refractivity contribution in [3.8, 4) is 5.88 Å². The largest absolute Gasteiger partial charge is 0.469 e. The molecule has 2 fully saturated rings. The van der Waals surface area contributed by atoms with Crippen molar-refractivity contribution in [3.63, 3.8) is 0 Å². The van der Waals surface area contributed by atoms with Crippen molar-refractivity contribution >= 4 is 17.2 Å². The van der Waals surface area contributed by atoms with Gasteiger partial charge in [0, 0.05) is 12.7 Å². The maximum atomic E-state index is 13.8. The van der Waals surface area contributed by atoms with Gasteiger partial charge >= 0.3 is 0 Å². The van der Waals surface area contributed by atoms with Crippen LogP contribution in [-0.4, -0.2) is 47.2 Å². The number of rotatable bonds is 3. The Morgan fingerprint density at radius 3 is 3.08 bits per heavy atom. The van der Waals surface area contributed by atoms with Crippen molar-refractivity contribution in [3.05, 3.63) is 46.5 Å². The van der Waals surface area contributed by atoms with E-state index in [0.717, 1.165) is 11.3 Å². The highest BCUT2D eigenvalue weighted by Crippen LogP contribution is 2.34. The number of hydrogen-bond donors (Lipinski definition) is 0. The fraction of sp³-hybridized carbons (Fsp3) is 0.412. The van der Waals surface area contributed by atoms with Crippen LogP contribution in [0.4, 0.5) is 4.39 Å². The summed E-state index contributed by atoms with van der Waals surface area (Å²) in [4.78, 5) is 19.2. The molecule has 0 unspecified atom stereocenters. The van der Waals surface area contributed by atoms with Gasteiger partial charge in [0.05, 0.1) is 17.5 Å². The Balaban J connectivity index is 1.50. The molecule has 3 heterocycles. The molecule has 1 aliphatic carbocycles. The van der Waals surface area contributed by atoms with Crippen LogP contribution in [0.1, 0.15) is 22.5 Å². The van der Waals surface area contributed by atoms with Crippen LogP contribution in [0.15, 0.2) is 35.8 Å². The van der Waals surface area contributed by atoms with Gasteiger partial charge in [0.15, 0.2) is 5.82 Å². The SMILES string of the molecule is O=C(c1cccs1)N1CCO[C@@H]2[C@@H](Oc3ncccc3F)CC[C@H]21. The maximum absolute atomic E-state index is 13.8. The van der Waals surface area contributed by atoms with Crippen molar-refractivity contribution in [2.24, 2.45) is 0 Å². The first-order chi connectivity index (χ1) is 11.7. The number of aromatic nitrogens is 1. The van der Waals surface area contributed by atoms with E-state index in [9.17, 15) is 9.18 Å². The van der Waals surface area contributed by atoms with E-state index in [1.165, 1.54) is 29.7 Å². The van der Waals surface area contributed by atoms with Gasteiger partial charge in [-0.3, -0.25) is 4.79 Å². The molecular formula is C17H17FN2O3S. The lowest BCUT2D eigenvalue weighted by atomic mass is 10.1. The minimum Gasteiger partial charge on any atom is -0.469 e. The quantitative estimate of drug-likeness (QED) is 0.856. The molecular weight excluding hydrogens is 331 g/mol. The summed E-state index contributed by atoms with van der Waals surface area (Å²) >= 11 is 1.44. The van der Waals surface area contributed by atoms with Crippen molar-refractivity contribution < 1.29 is 18.7 Å². The number of carbonyl (C=O) groups is 1. The highest BCUT2D eigenvalue weighted by Gasteiger charge is 2.46. The zero-order valence-corrected chi connectivity index (χ0v) is 13.7. The van der Waals surface area contributed by atoms with Gasteiger partial charge in [0.1, 0.15) is 12.2 Å². The van der Waals surface area contributed by atoms with Crippen LogP contribution in [0.5, 0.6) is 5.88 Å². The van der Waals surface area contributed by atoms with Crippen LogP contribution in [0.3, 0.4) is 0 Å². The van der Waals surface area contributed by atoms with Crippen molar-refractivity contribution in [1.29, 1.82) is 0 Å². The Hall–Kier alpha value is -1.99. The molecule has 24 heavy (non-hydrogen) atoms. The van der Waals surface area contributed by atoms with Crippen LogP contribution in [0, 0.1) is 5.82 Å².